The van der Waals surface area contributed by atoms with E-state index in [2.05, 4.69) is 31.3 Å². The highest BCUT2D eigenvalue weighted by atomic mass is 35.5. The molecule has 0 saturated carbocycles. The van der Waals surface area contributed by atoms with Crippen LogP contribution in [0.1, 0.15) is 38.3 Å². The van der Waals surface area contributed by atoms with Crippen molar-refractivity contribution in [1.29, 1.82) is 0 Å². The zero-order chi connectivity index (χ0) is 21.5. The predicted molar refractivity (Wildman–Crippen MR) is 120 cm³/mol. The third-order valence-corrected chi connectivity index (χ3v) is 5.24. The van der Waals surface area contributed by atoms with Crippen LogP contribution in [-0.2, 0) is 17.9 Å². The van der Waals surface area contributed by atoms with Crippen molar-refractivity contribution in [2.75, 3.05) is 19.8 Å². The number of carbonyl (C=O) groups is 1. The van der Waals surface area contributed by atoms with E-state index in [4.69, 9.17) is 21.1 Å². The lowest BCUT2D eigenvalue weighted by atomic mass is 10.1. The van der Waals surface area contributed by atoms with E-state index in [-0.39, 0.29) is 11.9 Å². The molecule has 0 bridgehead atoms. The molecule has 0 aromatic heterocycles. The molecular formula is C24H31ClN2O3. The maximum Gasteiger partial charge on any atom is 0.239 e. The Balaban J connectivity index is 1.71. The summed E-state index contributed by atoms with van der Waals surface area (Å²) in [6.07, 6.45) is 0.822. The molecule has 2 aromatic rings. The summed E-state index contributed by atoms with van der Waals surface area (Å²) in [5.74, 6) is 1.67. The lowest BCUT2D eigenvalue weighted by molar-refractivity contribution is -0.134. The Bertz CT molecular complexity index is 842. The van der Waals surface area contributed by atoms with Crippen molar-refractivity contribution in [2.45, 2.75) is 46.3 Å². The number of hydrogen-bond acceptors (Lipinski definition) is 4. The van der Waals surface area contributed by atoms with Crippen molar-refractivity contribution in [3.8, 4) is 11.5 Å². The normalized spacial score (nSPS) is 14.3. The quantitative estimate of drug-likeness (QED) is 0.661. The number of hydrogen-bond donors (Lipinski definition) is 1. The van der Waals surface area contributed by atoms with Gasteiger partial charge in [0.2, 0.25) is 5.91 Å². The molecule has 0 radical (unpaired) electrons. The lowest BCUT2D eigenvalue weighted by Gasteiger charge is -2.28. The molecular weight excluding hydrogens is 400 g/mol. The summed E-state index contributed by atoms with van der Waals surface area (Å²) in [5, 5.41) is 3.87. The van der Waals surface area contributed by atoms with Gasteiger partial charge in [-0.2, -0.15) is 0 Å². The zero-order valence-corrected chi connectivity index (χ0v) is 18.7. The summed E-state index contributed by atoms with van der Waals surface area (Å²) in [7, 11) is 0. The maximum absolute atomic E-state index is 13.2. The summed E-state index contributed by atoms with van der Waals surface area (Å²) >= 11 is 6.45. The molecule has 1 N–H and O–H groups in total. The van der Waals surface area contributed by atoms with E-state index in [0.717, 1.165) is 17.5 Å². The third-order valence-electron chi connectivity index (χ3n) is 4.96. The second kappa shape index (κ2) is 10.7. The first-order valence-electron chi connectivity index (χ1n) is 10.6. The lowest BCUT2D eigenvalue weighted by Crippen LogP contribution is -2.45. The van der Waals surface area contributed by atoms with E-state index in [9.17, 15) is 4.79 Å². The van der Waals surface area contributed by atoms with Gasteiger partial charge in [0, 0.05) is 26.1 Å². The highest BCUT2D eigenvalue weighted by molar-refractivity contribution is 6.32. The molecule has 1 aliphatic heterocycles. The van der Waals surface area contributed by atoms with Crippen LogP contribution in [0, 0.1) is 5.92 Å². The van der Waals surface area contributed by atoms with Gasteiger partial charge in [-0.25, -0.2) is 0 Å². The van der Waals surface area contributed by atoms with E-state index in [1.807, 2.05) is 42.2 Å². The zero-order valence-electron chi connectivity index (χ0n) is 18.0. The molecule has 1 atom stereocenters. The van der Waals surface area contributed by atoms with Gasteiger partial charge in [-0.15, -0.1) is 0 Å². The van der Waals surface area contributed by atoms with Crippen LogP contribution >= 0.6 is 11.6 Å². The average molecular weight is 431 g/mol. The monoisotopic (exact) mass is 430 g/mol. The van der Waals surface area contributed by atoms with Crippen LogP contribution in [0.4, 0.5) is 0 Å². The highest BCUT2D eigenvalue weighted by Crippen LogP contribution is 2.38. The Labute approximate surface area is 184 Å². The first-order valence-corrected chi connectivity index (χ1v) is 11.0. The van der Waals surface area contributed by atoms with Crippen LogP contribution in [0.3, 0.4) is 0 Å². The van der Waals surface area contributed by atoms with Gasteiger partial charge in [0.1, 0.15) is 0 Å². The third kappa shape index (κ3) is 6.13. The molecule has 0 saturated heterocycles. The molecule has 0 unspecified atom stereocenters. The number of benzene rings is 2. The van der Waals surface area contributed by atoms with Gasteiger partial charge >= 0.3 is 0 Å². The minimum Gasteiger partial charge on any atom is -0.489 e. The Morgan fingerprint density at radius 2 is 1.83 bits per heavy atom. The molecule has 1 heterocycles. The molecule has 6 heteroatoms. The van der Waals surface area contributed by atoms with Crippen molar-refractivity contribution in [1.82, 2.24) is 10.2 Å². The van der Waals surface area contributed by atoms with Crippen LogP contribution in [-0.4, -0.2) is 36.6 Å². The van der Waals surface area contributed by atoms with E-state index in [0.29, 0.717) is 55.3 Å². The Kier molecular flexibility index (Phi) is 8.00. The summed E-state index contributed by atoms with van der Waals surface area (Å²) in [5.41, 5.74) is 2.09. The van der Waals surface area contributed by atoms with Crippen LogP contribution in [0.5, 0.6) is 11.5 Å². The number of halogens is 1. The Morgan fingerprint density at radius 3 is 2.57 bits per heavy atom. The van der Waals surface area contributed by atoms with Gasteiger partial charge in [-0.3, -0.25) is 4.79 Å². The maximum atomic E-state index is 13.2. The SMILES string of the molecule is CC(C)CN(Cc1cc(Cl)c2c(c1)OCCCO2)C(=O)[C@H](C)NCc1ccccc1. The van der Waals surface area contributed by atoms with E-state index in [1.54, 1.807) is 0 Å². The molecule has 0 aliphatic carbocycles. The van der Waals surface area contributed by atoms with Gasteiger partial charge in [0.25, 0.3) is 0 Å². The van der Waals surface area contributed by atoms with Gasteiger partial charge in [-0.1, -0.05) is 55.8 Å². The van der Waals surface area contributed by atoms with E-state index in [1.165, 1.54) is 0 Å². The van der Waals surface area contributed by atoms with Crippen LogP contribution in [0.2, 0.25) is 5.02 Å². The Morgan fingerprint density at radius 1 is 1.10 bits per heavy atom. The van der Waals surface area contributed by atoms with E-state index >= 15 is 0 Å². The van der Waals surface area contributed by atoms with Crippen LogP contribution < -0.4 is 14.8 Å². The fourth-order valence-corrected chi connectivity index (χ4v) is 3.78. The topological polar surface area (TPSA) is 50.8 Å². The van der Waals surface area contributed by atoms with Crippen molar-refractivity contribution in [3.63, 3.8) is 0 Å². The summed E-state index contributed by atoms with van der Waals surface area (Å²) in [6.45, 7) is 9.13. The van der Waals surface area contributed by atoms with Crippen LogP contribution in [0.25, 0.3) is 0 Å². The fourth-order valence-electron chi connectivity index (χ4n) is 3.50. The minimum atomic E-state index is -0.292. The molecule has 0 spiro atoms. The summed E-state index contributed by atoms with van der Waals surface area (Å²) < 4.78 is 11.5. The number of nitrogens with one attached hydrogen (secondary N) is 1. The smallest absolute Gasteiger partial charge is 0.239 e. The molecule has 162 valence electrons. The number of ether oxygens (including phenoxy) is 2. The number of fused-ring (bicyclic) bond motifs is 1. The second-order valence-corrected chi connectivity index (χ2v) is 8.56. The van der Waals surface area contributed by atoms with E-state index < -0.39 is 0 Å². The fraction of sp³-hybridized carbons (Fsp3) is 0.458. The molecule has 30 heavy (non-hydrogen) atoms. The van der Waals surface area contributed by atoms with Crippen molar-refractivity contribution in [3.05, 3.63) is 58.6 Å². The van der Waals surface area contributed by atoms with Gasteiger partial charge in [0.05, 0.1) is 24.3 Å². The van der Waals surface area contributed by atoms with Gasteiger partial charge in [-0.05, 0) is 36.1 Å². The molecule has 0 fully saturated rings. The Hall–Kier alpha value is -2.24. The highest BCUT2D eigenvalue weighted by Gasteiger charge is 2.23. The largest absolute Gasteiger partial charge is 0.489 e. The molecule has 3 rings (SSSR count). The molecule has 1 aliphatic rings. The summed E-state index contributed by atoms with van der Waals surface area (Å²) in [6, 6.07) is 13.6. The van der Waals surface area contributed by atoms with Crippen LogP contribution in [0.15, 0.2) is 42.5 Å². The number of nitrogens with zero attached hydrogens (tertiary/aromatic N) is 1. The predicted octanol–water partition coefficient (Wildman–Crippen LogP) is 4.66. The second-order valence-electron chi connectivity index (χ2n) is 8.16. The average Bonchev–Trinajstić information content (AvgIpc) is 2.97. The first-order chi connectivity index (χ1) is 14.4. The van der Waals surface area contributed by atoms with Gasteiger partial charge < -0.3 is 19.7 Å². The molecule has 1 amide bonds. The van der Waals surface area contributed by atoms with Crippen molar-refractivity contribution in [2.24, 2.45) is 5.92 Å². The minimum absolute atomic E-state index is 0.0721. The molecule has 2 aromatic carbocycles. The van der Waals surface area contributed by atoms with Crippen molar-refractivity contribution >= 4 is 17.5 Å². The first kappa shape index (κ1) is 22.4. The van der Waals surface area contributed by atoms with Gasteiger partial charge in [0.15, 0.2) is 11.5 Å². The number of rotatable bonds is 8. The number of carbonyl (C=O) groups excluding carboxylic acids is 1. The van der Waals surface area contributed by atoms with Crippen molar-refractivity contribution < 1.29 is 14.3 Å². The molecule has 5 nitrogen and oxygen atoms in total. The summed E-state index contributed by atoms with van der Waals surface area (Å²) in [4.78, 5) is 15.1. The standard InChI is InChI=1S/C24H31ClN2O3/c1-17(2)15-27(24(28)18(3)26-14-19-8-5-4-6-9-19)16-20-12-21(25)23-22(13-20)29-10-7-11-30-23/h4-6,8-9,12-13,17-18,26H,7,10-11,14-16H2,1-3H3/t18-/m0/s1. The number of amides is 1.